The molecule has 0 atom stereocenters. The molecular formula is C22H24BrN3O3. The summed E-state index contributed by atoms with van der Waals surface area (Å²) >= 11 is 3.52. The highest BCUT2D eigenvalue weighted by Gasteiger charge is 2.39. The molecule has 3 rings (SSSR count). The molecule has 0 unspecified atom stereocenters. The quantitative estimate of drug-likeness (QED) is 0.606. The van der Waals surface area contributed by atoms with Crippen LogP contribution in [0.3, 0.4) is 0 Å². The van der Waals surface area contributed by atoms with E-state index >= 15 is 0 Å². The van der Waals surface area contributed by atoms with Gasteiger partial charge < -0.3 is 16.0 Å². The van der Waals surface area contributed by atoms with Gasteiger partial charge in [0.15, 0.2) is 0 Å². The van der Waals surface area contributed by atoms with Gasteiger partial charge in [-0.2, -0.15) is 0 Å². The van der Waals surface area contributed by atoms with Crippen molar-refractivity contribution in [3.05, 3.63) is 58.1 Å². The minimum Gasteiger partial charge on any atom is -0.351 e. The molecule has 3 amide bonds. The topological polar surface area (TPSA) is 87.3 Å². The van der Waals surface area contributed by atoms with Crippen molar-refractivity contribution in [3.63, 3.8) is 0 Å². The van der Waals surface area contributed by atoms with Crippen molar-refractivity contribution >= 4 is 45.0 Å². The van der Waals surface area contributed by atoms with Crippen molar-refractivity contribution in [2.24, 2.45) is 0 Å². The van der Waals surface area contributed by atoms with Crippen LogP contribution in [-0.4, -0.2) is 24.3 Å². The Labute approximate surface area is 178 Å². The van der Waals surface area contributed by atoms with Gasteiger partial charge in [0, 0.05) is 47.2 Å². The number of benzene rings is 2. The molecule has 0 bridgehead atoms. The van der Waals surface area contributed by atoms with E-state index in [1.807, 2.05) is 12.1 Å². The van der Waals surface area contributed by atoms with Gasteiger partial charge in [-0.1, -0.05) is 34.5 Å². The number of hydrogen-bond acceptors (Lipinski definition) is 3. The first-order chi connectivity index (χ1) is 13.8. The average molecular weight is 458 g/mol. The van der Waals surface area contributed by atoms with Crippen LogP contribution in [0.25, 0.3) is 0 Å². The molecule has 1 aliphatic rings. The van der Waals surface area contributed by atoms with E-state index in [1.165, 1.54) is 19.4 Å². The van der Waals surface area contributed by atoms with E-state index in [2.05, 4.69) is 44.0 Å². The number of nitrogens with one attached hydrogen (secondary N) is 3. The summed E-state index contributed by atoms with van der Waals surface area (Å²) in [5.41, 5.74) is 2.45. The van der Waals surface area contributed by atoms with E-state index in [-0.39, 0.29) is 23.1 Å². The fourth-order valence-electron chi connectivity index (χ4n) is 3.65. The number of anilines is 2. The van der Waals surface area contributed by atoms with E-state index in [9.17, 15) is 14.4 Å². The fourth-order valence-corrected chi connectivity index (χ4v) is 4.05. The summed E-state index contributed by atoms with van der Waals surface area (Å²) in [6, 6.07) is 13.0. The summed E-state index contributed by atoms with van der Waals surface area (Å²) in [4.78, 5) is 35.7. The van der Waals surface area contributed by atoms with Gasteiger partial charge in [0.1, 0.15) is 0 Å². The van der Waals surface area contributed by atoms with E-state index < -0.39 is 0 Å². The maximum atomic E-state index is 12.9. The SMILES string of the molecule is CC(=O)Nc1cc(NC(C)=O)cc(C(=O)NCC2(c3cccc(Br)c3)CCC2)c1. The lowest BCUT2D eigenvalue weighted by atomic mass is 9.64. The van der Waals surface area contributed by atoms with Crippen molar-refractivity contribution in [1.29, 1.82) is 0 Å². The molecule has 152 valence electrons. The van der Waals surface area contributed by atoms with Crippen molar-refractivity contribution in [2.75, 3.05) is 17.2 Å². The van der Waals surface area contributed by atoms with Crippen LogP contribution in [-0.2, 0) is 15.0 Å². The third-order valence-electron chi connectivity index (χ3n) is 5.17. The standard InChI is InChI=1S/C22H24BrN3O3/c1-14(27)25-19-9-16(10-20(12-19)26-15(2)28)21(29)24-13-22(7-4-8-22)17-5-3-6-18(23)11-17/h3,5-6,9-12H,4,7-8,13H2,1-2H3,(H,24,29)(H,25,27)(H,26,28). The Morgan fingerprint density at radius 3 is 2.07 bits per heavy atom. The Hall–Kier alpha value is -2.67. The molecule has 3 N–H and O–H groups in total. The highest BCUT2D eigenvalue weighted by Crippen LogP contribution is 2.43. The van der Waals surface area contributed by atoms with Crippen LogP contribution in [0.15, 0.2) is 46.9 Å². The lowest BCUT2D eigenvalue weighted by Gasteiger charge is -2.42. The second-order valence-corrected chi connectivity index (χ2v) is 8.40. The highest BCUT2D eigenvalue weighted by atomic mass is 79.9. The summed E-state index contributed by atoms with van der Waals surface area (Å²) in [6.07, 6.45) is 3.17. The van der Waals surface area contributed by atoms with Gasteiger partial charge in [-0.25, -0.2) is 0 Å². The molecule has 1 aliphatic carbocycles. The minimum absolute atomic E-state index is 0.0604. The summed E-state index contributed by atoms with van der Waals surface area (Å²) in [5, 5.41) is 8.37. The zero-order chi connectivity index (χ0) is 21.0. The van der Waals surface area contributed by atoms with Gasteiger partial charge in [-0.05, 0) is 48.7 Å². The average Bonchev–Trinajstić information content (AvgIpc) is 2.59. The highest BCUT2D eigenvalue weighted by molar-refractivity contribution is 9.10. The molecule has 0 heterocycles. The number of hydrogen-bond donors (Lipinski definition) is 3. The predicted octanol–water partition coefficient (Wildman–Crippen LogP) is 4.22. The third-order valence-corrected chi connectivity index (χ3v) is 5.66. The van der Waals surface area contributed by atoms with Crippen LogP contribution in [0.1, 0.15) is 49.0 Å². The lowest BCUT2D eigenvalue weighted by molar-refractivity contribution is -0.115. The van der Waals surface area contributed by atoms with E-state index in [1.54, 1.807) is 18.2 Å². The van der Waals surface area contributed by atoms with Gasteiger partial charge in [0.05, 0.1) is 0 Å². The third kappa shape index (κ3) is 5.23. The molecule has 2 aromatic carbocycles. The first-order valence-electron chi connectivity index (χ1n) is 9.52. The van der Waals surface area contributed by atoms with Crippen molar-refractivity contribution < 1.29 is 14.4 Å². The zero-order valence-corrected chi connectivity index (χ0v) is 18.1. The fraction of sp³-hybridized carbons (Fsp3) is 0.318. The Kier molecular flexibility index (Phi) is 6.37. The Morgan fingerprint density at radius 1 is 0.966 bits per heavy atom. The molecule has 0 aliphatic heterocycles. The predicted molar refractivity (Wildman–Crippen MR) is 117 cm³/mol. The molecule has 6 nitrogen and oxygen atoms in total. The molecule has 0 radical (unpaired) electrons. The maximum Gasteiger partial charge on any atom is 0.251 e. The van der Waals surface area contributed by atoms with Crippen LogP contribution in [0, 0.1) is 0 Å². The van der Waals surface area contributed by atoms with Crippen molar-refractivity contribution in [3.8, 4) is 0 Å². The lowest BCUT2D eigenvalue weighted by Crippen LogP contribution is -2.45. The van der Waals surface area contributed by atoms with Gasteiger partial charge in [0.2, 0.25) is 11.8 Å². The van der Waals surface area contributed by atoms with E-state index in [4.69, 9.17) is 0 Å². The summed E-state index contributed by atoms with van der Waals surface area (Å²) < 4.78 is 1.02. The number of amides is 3. The normalized spacial score (nSPS) is 14.4. The first-order valence-corrected chi connectivity index (χ1v) is 10.3. The Balaban J connectivity index is 1.78. The molecular weight excluding hydrogens is 434 g/mol. The Bertz CT molecular complexity index is 920. The number of halogens is 1. The van der Waals surface area contributed by atoms with Crippen LogP contribution < -0.4 is 16.0 Å². The van der Waals surface area contributed by atoms with Gasteiger partial charge in [-0.15, -0.1) is 0 Å². The van der Waals surface area contributed by atoms with Crippen molar-refractivity contribution in [1.82, 2.24) is 5.32 Å². The first kappa shape index (κ1) is 21.0. The molecule has 1 saturated carbocycles. The molecule has 2 aromatic rings. The Morgan fingerprint density at radius 2 is 1.59 bits per heavy atom. The second-order valence-electron chi connectivity index (χ2n) is 7.49. The zero-order valence-electron chi connectivity index (χ0n) is 16.5. The van der Waals surface area contributed by atoms with E-state index in [0.717, 1.165) is 23.7 Å². The summed E-state index contributed by atoms with van der Waals surface area (Å²) in [5.74, 6) is -0.746. The van der Waals surface area contributed by atoms with Crippen LogP contribution >= 0.6 is 15.9 Å². The maximum absolute atomic E-state index is 12.9. The second kappa shape index (κ2) is 8.78. The molecule has 0 spiro atoms. The number of carbonyl (C=O) groups excluding carboxylic acids is 3. The molecule has 0 saturated heterocycles. The van der Waals surface area contributed by atoms with E-state index in [0.29, 0.717) is 23.5 Å². The van der Waals surface area contributed by atoms with Gasteiger partial charge >= 0.3 is 0 Å². The molecule has 29 heavy (non-hydrogen) atoms. The molecule has 7 heteroatoms. The van der Waals surface area contributed by atoms with Crippen LogP contribution in [0.4, 0.5) is 11.4 Å². The smallest absolute Gasteiger partial charge is 0.251 e. The molecule has 1 fully saturated rings. The van der Waals surface area contributed by atoms with Gasteiger partial charge in [-0.3, -0.25) is 14.4 Å². The largest absolute Gasteiger partial charge is 0.351 e. The van der Waals surface area contributed by atoms with Crippen LogP contribution in [0.5, 0.6) is 0 Å². The monoisotopic (exact) mass is 457 g/mol. The summed E-state index contributed by atoms with van der Waals surface area (Å²) in [6.45, 7) is 3.31. The molecule has 0 aromatic heterocycles. The summed E-state index contributed by atoms with van der Waals surface area (Å²) in [7, 11) is 0. The minimum atomic E-state index is -0.251. The van der Waals surface area contributed by atoms with Crippen molar-refractivity contribution in [2.45, 2.75) is 38.5 Å². The number of carbonyl (C=O) groups is 3. The number of rotatable bonds is 6. The van der Waals surface area contributed by atoms with Crippen LogP contribution in [0.2, 0.25) is 0 Å². The van der Waals surface area contributed by atoms with Gasteiger partial charge in [0.25, 0.3) is 5.91 Å².